The van der Waals surface area contributed by atoms with E-state index in [0.717, 1.165) is 0 Å². The average Bonchev–Trinajstić information content (AvgIpc) is 2.31. The van der Waals surface area contributed by atoms with Crippen molar-refractivity contribution in [2.75, 3.05) is 13.7 Å². The first-order valence-electron chi connectivity index (χ1n) is 5.20. The van der Waals surface area contributed by atoms with Crippen molar-refractivity contribution in [1.82, 2.24) is 5.32 Å². The van der Waals surface area contributed by atoms with Gasteiger partial charge in [0.15, 0.2) is 5.78 Å². The first-order chi connectivity index (χ1) is 8.36. The molecule has 0 aromatic heterocycles. The van der Waals surface area contributed by atoms with Crippen LogP contribution in [0.5, 0.6) is 0 Å². The molecule has 0 saturated carbocycles. The summed E-state index contributed by atoms with van der Waals surface area (Å²) in [4.78, 5) is 43.5. The smallest absolute Gasteiger partial charge is 0.305 e. The zero-order valence-corrected chi connectivity index (χ0v) is 9.97. The van der Waals surface area contributed by atoms with Crippen LogP contribution in [0.3, 0.4) is 0 Å². The van der Waals surface area contributed by atoms with Crippen molar-refractivity contribution in [3.8, 4) is 0 Å². The number of aliphatic carboxylic acids is 1. The van der Waals surface area contributed by atoms with Crippen molar-refractivity contribution in [2.24, 2.45) is 5.73 Å². The monoisotopic (exact) mass is 260 g/mol. The fraction of sp³-hybridized carbons (Fsp3) is 0.600. The van der Waals surface area contributed by atoms with Gasteiger partial charge < -0.3 is 20.9 Å². The van der Waals surface area contributed by atoms with E-state index < -0.39 is 30.3 Å². The Balaban J connectivity index is 3.87. The van der Waals surface area contributed by atoms with Crippen molar-refractivity contribution in [1.29, 1.82) is 0 Å². The molecule has 8 nitrogen and oxygen atoms in total. The summed E-state index contributed by atoms with van der Waals surface area (Å²) in [5, 5.41) is 10.6. The molecule has 4 N–H and O–H groups in total. The molecule has 0 radical (unpaired) electrons. The van der Waals surface area contributed by atoms with Crippen LogP contribution in [0.25, 0.3) is 0 Å². The summed E-state index contributed by atoms with van der Waals surface area (Å²) in [6, 6.07) is -1.20. The van der Waals surface area contributed by atoms with Gasteiger partial charge in [-0.1, -0.05) is 0 Å². The largest absolute Gasteiger partial charge is 0.481 e. The van der Waals surface area contributed by atoms with Crippen LogP contribution in [0.15, 0.2) is 0 Å². The van der Waals surface area contributed by atoms with Crippen LogP contribution in [0.4, 0.5) is 0 Å². The number of carbonyl (C=O) groups excluding carboxylic acids is 3. The van der Waals surface area contributed by atoms with Gasteiger partial charge in [-0.05, 0) is 0 Å². The Morgan fingerprint density at radius 2 is 1.89 bits per heavy atom. The molecular formula is C10H16N2O6. The predicted molar refractivity (Wildman–Crippen MR) is 59.5 cm³/mol. The Labute approximate surface area is 103 Å². The Kier molecular flexibility index (Phi) is 7.29. The molecule has 0 aliphatic rings. The number of ketones is 1. The SMILES string of the molecule is COC(=O)CCC(=O)CNC(=O)[C@@H](N)CC(=O)O. The van der Waals surface area contributed by atoms with Gasteiger partial charge >= 0.3 is 11.9 Å². The Bertz CT molecular complexity index is 341. The highest BCUT2D eigenvalue weighted by atomic mass is 16.5. The lowest BCUT2D eigenvalue weighted by Gasteiger charge is -2.09. The zero-order chi connectivity index (χ0) is 14.1. The number of rotatable bonds is 8. The van der Waals surface area contributed by atoms with Gasteiger partial charge in [-0.3, -0.25) is 19.2 Å². The van der Waals surface area contributed by atoms with Crippen molar-refractivity contribution in [2.45, 2.75) is 25.3 Å². The van der Waals surface area contributed by atoms with E-state index in [-0.39, 0.29) is 25.2 Å². The summed E-state index contributed by atoms with van der Waals surface area (Å²) in [7, 11) is 1.21. The second kappa shape index (κ2) is 8.18. The van der Waals surface area contributed by atoms with Crippen LogP contribution in [0.2, 0.25) is 0 Å². The van der Waals surface area contributed by atoms with Gasteiger partial charge in [0.25, 0.3) is 0 Å². The van der Waals surface area contributed by atoms with E-state index in [1.807, 2.05) is 0 Å². The highest BCUT2D eigenvalue weighted by Crippen LogP contribution is 1.93. The standard InChI is InChI=1S/C10H16N2O6/c1-18-9(16)3-2-6(13)5-12-10(17)7(11)4-8(14)15/h7H,2-5,11H2,1H3,(H,12,17)(H,14,15)/t7-/m0/s1. The van der Waals surface area contributed by atoms with E-state index in [9.17, 15) is 19.2 Å². The number of Topliss-reactive ketones (excluding diaryl/α,β-unsaturated/α-hetero) is 1. The number of carboxylic acid groups (broad SMARTS) is 1. The van der Waals surface area contributed by atoms with E-state index in [2.05, 4.69) is 10.1 Å². The highest BCUT2D eigenvalue weighted by molar-refractivity contribution is 5.91. The number of amides is 1. The molecule has 8 heteroatoms. The summed E-state index contributed by atoms with van der Waals surface area (Å²) in [5.41, 5.74) is 5.27. The summed E-state index contributed by atoms with van der Waals surface area (Å²) in [5.74, 6) is -2.80. The molecule has 0 aromatic rings. The second-order valence-corrected chi connectivity index (χ2v) is 3.54. The zero-order valence-electron chi connectivity index (χ0n) is 9.97. The summed E-state index contributed by atoms with van der Waals surface area (Å²) >= 11 is 0. The molecule has 0 spiro atoms. The lowest BCUT2D eigenvalue weighted by atomic mass is 10.2. The first kappa shape index (κ1) is 16.0. The predicted octanol–water partition coefficient (Wildman–Crippen LogP) is -1.57. The number of ether oxygens (including phenoxy) is 1. The Morgan fingerprint density at radius 1 is 1.28 bits per heavy atom. The van der Waals surface area contributed by atoms with Crippen LogP contribution < -0.4 is 11.1 Å². The molecule has 0 heterocycles. The minimum atomic E-state index is -1.20. The molecule has 102 valence electrons. The van der Waals surface area contributed by atoms with Crippen molar-refractivity contribution >= 4 is 23.6 Å². The molecule has 1 amide bonds. The van der Waals surface area contributed by atoms with Gasteiger partial charge in [0.05, 0.1) is 32.5 Å². The Morgan fingerprint density at radius 3 is 2.39 bits per heavy atom. The minimum absolute atomic E-state index is 0.0544. The molecular weight excluding hydrogens is 244 g/mol. The summed E-state index contributed by atoms with van der Waals surface area (Å²) in [6.07, 6.45) is -0.629. The molecule has 0 fully saturated rings. The van der Waals surface area contributed by atoms with E-state index >= 15 is 0 Å². The lowest BCUT2D eigenvalue weighted by Crippen LogP contribution is -2.43. The van der Waals surface area contributed by atoms with Crippen LogP contribution >= 0.6 is 0 Å². The number of carbonyl (C=O) groups is 4. The van der Waals surface area contributed by atoms with Crippen molar-refractivity contribution < 1.29 is 29.0 Å². The maximum atomic E-state index is 11.2. The molecule has 0 rings (SSSR count). The first-order valence-corrected chi connectivity index (χ1v) is 5.20. The van der Waals surface area contributed by atoms with E-state index in [4.69, 9.17) is 10.8 Å². The van der Waals surface area contributed by atoms with Crippen LogP contribution in [0.1, 0.15) is 19.3 Å². The number of nitrogens with one attached hydrogen (secondary N) is 1. The molecule has 0 unspecified atom stereocenters. The maximum Gasteiger partial charge on any atom is 0.305 e. The molecule has 1 atom stereocenters. The third-order valence-electron chi connectivity index (χ3n) is 2.03. The van der Waals surface area contributed by atoms with Gasteiger partial charge in [-0.2, -0.15) is 0 Å². The number of carboxylic acids is 1. The average molecular weight is 260 g/mol. The topological polar surface area (TPSA) is 136 Å². The maximum absolute atomic E-state index is 11.2. The fourth-order valence-corrected chi connectivity index (χ4v) is 1.03. The Hall–Kier alpha value is -1.96. The van der Waals surface area contributed by atoms with Crippen LogP contribution in [-0.4, -0.2) is 48.4 Å². The normalized spacial score (nSPS) is 11.4. The van der Waals surface area contributed by atoms with E-state index in [0.29, 0.717) is 0 Å². The fourth-order valence-electron chi connectivity index (χ4n) is 1.03. The van der Waals surface area contributed by atoms with Gasteiger partial charge in [-0.15, -0.1) is 0 Å². The molecule has 0 bridgehead atoms. The third kappa shape index (κ3) is 7.34. The summed E-state index contributed by atoms with van der Waals surface area (Å²) < 4.78 is 4.34. The van der Waals surface area contributed by atoms with Gasteiger partial charge in [0.1, 0.15) is 0 Å². The lowest BCUT2D eigenvalue weighted by molar-refractivity contribution is -0.142. The van der Waals surface area contributed by atoms with Gasteiger partial charge in [0.2, 0.25) is 5.91 Å². The number of hydrogen-bond acceptors (Lipinski definition) is 6. The van der Waals surface area contributed by atoms with Crippen LogP contribution in [0, 0.1) is 0 Å². The molecule has 0 saturated heterocycles. The minimum Gasteiger partial charge on any atom is -0.481 e. The number of nitrogens with two attached hydrogens (primary N) is 1. The molecule has 0 aromatic carbocycles. The van der Waals surface area contributed by atoms with E-state index in [1.165, 1.54) is 7.11 Å². The molecule has 0 aliphatic carbocycles. The van der Waals surface area contributed by atoms with Gasteiger partial charge in [-0.25, -0.2) is 0 Å². The highest BCUT2D eigenvalue weighted by Gasteiger charge is 2.17. The molecule has 0 aliphatic heterocycles. The van der Waals surface area contributed by atoms with Gasteiger partial charge in [0, 0.05) is 6.42 Å². The summed E-state index contributed by atoms with van der Waals surface area (Å²) in [6.45, 7) is -0.289. The van der Waals surface area contributed by atoms with Crippen molar-refractivity contribution in [3.63, 3.8) is 0 Å². The number of hydrogen-bond donors (Lipinski definition) is 3. The van der Waals surface area contributed by atoms with Crippen LogP contribution in [-0.2, 0) is 23.9 Å². The third-order valence-corrected chi connectivity index (χ3v) is 2.03. The van der Waals surface area contributed by atoms with E-state index in [1.54, 1.807) is 0 Å². The number of methoxy groups -OCH3 is 1. The van der Waals surface area contributed by atoms with Crippen molar-refractivity contribution in [3.05, 3.63) is 0 Å². The quantitative estimate of drug-likeness (QED) is 0.448. The number of esters is 1. The second-order valence-electron chi connectivity index (χ2n) is 3.54. The molecule has 18 heavy (non-hydrogen) atoms.